The Kier molecular flexibility index (Phi) is 11.5. The molecule has 0 aromatic heterocycles. The molecule has 2 aromatic carbocycles. The first-order chi connectivity index (χ1) is 17.6. The van der Waals surface area contributed by atoms with Crippen molar-refractivity contribution in [1.29, 1.82) is 0 Å². The van der Waals surface area contributed by atoms with Crippen molar-refractivity contribution in [3.63, 3.8) is 0 Å². The molecular formula is C28H38N2O6. The summed E-state index contributed by atoms with van der Waals surface area (Å²) in [6.45, 7) is 6.99. The second-order valence-corrected chi connectivity index (χ2v) is 8.59. The summed E-state index contributed by atoms with van der Waals surface area (Å²) >= 11 is 0. The van der Waals surface area contributed by atoms with Gasteiger partial charge in [0.2, 0.25) is 0 Å². The molecule has 0 radical (unpaired) electrons. The van der Waals surface area contributed by atoms with E-state index in [4.69, 9.17) is 18.9 Å². The lowest BCUT2D eigenvalue weighted by molar-refractivity contribution is 0.0861. The van der Waals surface area contributed by atoms with E-state index >= 15 is 0 Å². The molecule has 36 heavy (non-hydrogen) atoms. The van der Waals surface area contributed by atoms with E-state index in [0.717, 1.165) is 25.7 Å². The topological polar surface area (TPSA) is 95.1 Å². The average Bonchev–Trinajstić information content (AvgIpc) is 2.90. The molecule has 0 aliphatic heterocycles. The number of hydrogen-bond acceptors (Lipinski definition) is 6. The fraction of sp³-hybridized carbons (Fsp3) is 0.500. The number of carbonyl (C=O) groups is 2. The van der Waals surface area contributed by atoms with Gasteiger partial charge in [0, 0.05) is 36.4 Å². The Morgan fingerprint density at radius 3 is 1.58 bits per heavy atom. The van der Waals surface area contributed by atoms with Gasteiger partial charge in [-0.05, 0) is 63.1 Å². The predicted octanol–water partition coefficient (Wildman–Crippen LogP) is 3.99. The molecule has 8 nitrogen and oxygen atoms in total. The van der Waals surface area contributed by atoms with E-state index in [1.807, 2.05) is 26.0 Å². The lowest BCUT2D eigenvalue weighted by Crippen LogP contribution is -2.53. The van der Waals surface area contributed by atoms with Gasteiger partial charge in [-0.15, -0.1) is 0 Å². The highest BCUT2D eigenvalue weighted by Gasteiger charge is 2.28. The summed E-state index contributed by atoms with van der Waals surface area (Å²) in [5, 5.41) is 6.25. The molecular weight excluding hydrogens is 460 g/mol. The molecule has 0 saturated heterocycles. The first-order valence-electron chi connectivity index (χ1n) is 12.8. The summed E-state index contributed by atoms with van der Waals surface area (Å²) in [4.78, 5) is 26.0. The minimum atomic E-state index is -0.180. The van der Waals surface area contributed by atoms with Crippen LogP contribution in [0.3, 0.4) is 0 Å². The molecule has 2 amide bonds. The smallest absolute Gasteiger partial charge is 0.251 e. The second-order valence-electron chi connectivity index (χ2n) is 8.59. The molecule has 8 heteroatoms. The molecule has 2 unspecified atom stereocenters. The van der Waals surface area contributed by atoms with E-state index in [2.05, 4.69) is 10.6 Å². The molecule has 1 saturated carbocycles. The maximum Gasteiger partial charge on any atom is 0.251 e. The van der Waals surface area contributed by atoms with Gasteiger partial charge in [-0.2, -0.15) is 0 Å². The molecule has 3 rings (SSSR count). The third-order valence-electron chi connectivity index (χ3n) is 5.99. The van der Waals surface area contributed by atoms with Gasteiger partial charge in [-0.25, -0.2) is 0 Å². The molecule has 0 spiro atoms. The summed E-state index contributed by atoms with van der Waals surface area (Å²) in [6, 6.07) is 13.9. The highest BCUT2D eigenvalue weighted by Crippen LogP contribution is 2.21. The van der Waals surface area contributed by atoms with E-state index in [9.17, 15) is 9.59 Å². The average molecular weight is 499 g/mol. The summed E-state index contributed by atoms with van der Waals surface area (Å²) in [7, 11) is 0. The first-order valence-corrected chi connectivity index (χ1v) is 12.8. The van der Waals surface area contributed by atoms with Crippen molar-refractivity contribution in [1.82, 2.24) is 10.6 Å². The number of amides is 2. The molecule has 0 bridgehead atoms. The van der Waals surface area contributed by atoms with Crippen molar-refractivity contribution < 1.29 is 28.5 Å². The van der Waals surface area contributed by atoms with E-state index in [0.29, 0.717) is 62.3 Å². The van der Waals surface area contributed by atoms with E-state index in [-0.39, 0.29) is 23.9 Å². The summed E-state index contributed by atoms with van der Waals surface area (Å²) in [5.41, 5.74) is 1.05. The minimum absolute atomic E-state index is 0.150. The van der Waals surface area contributed by atoms with Crippen molar-refractivity contribution in [2.24, 2.45) is 0 Å². The number of hydrogen-bond donors (Lipinski definition) is 2. The van der Waals surface area contributed by atoms with Gasteiger partial charge < -0.3 is 29.6 Å². The van der Waals surface area contributed by atoms with Gasteiger partial charge in [0.15, 0.2) is 0 Å². The van der Waals surface area contributed by atoms with Crippen LogP contribution in [0.5, 0.6) is 11.5 Å². The monoisotopic (exact) mass is 498 g/mol. The van der Waals surface area contributed by atoms with E-state index in [1.54, 1.807) is 36.4 Å². The zero-order chi connectivity index (χ0) is 25.6. The molecule has 2 N–H and O–H groups in total. The maximum atomic E-state index is 13.0. The zero-order valence-electron chi connectivity index (χ0n) is 21.3. The van der Waals surface area contributed by atoms with Crippen LogP contribution in [0.15, 0.2) is 48.5 Å². The second kappa shape index (κ2) is 15.1. The number of carbonyl (C=O) groups excluding carboxylic acids is 2. The van der Waals surface area contributed by atoms with Crippen LogP contribution in [0.25, 0.3) is 0 Å². The Bertz CT molecular complexity index is 889. The van der Waals surface area contributed by atoms with Crippen molar-refractivity contribution in [2.45, 2.75) is 51.6 Å². The molecule has 0 heterocycles. The van der Waals surface area contributed by atoms with E-state index < -0.39 is 0 Å². The van der Waals surface area contributed by atoms with Crippen LogP contribution in [0.2, 0.25) is 0 Å². The van der Waals surface area contributed by atoms with Crippen LogP contribution < -0.4 is 20.1 Å². The van der Waals surface area contributed by atoms with Crippen LogP contribution in [0, 0.1) is 0 Å². The lowest BCUT2D eigenvalue weighted by atomic mass is 9.89. The number of ether oxygens (including phenoxy) is 4. The predicted molar refractivity (Wildman–Crippen MR) is 138 cm³/mol. The first kappa shape index (κ1) is 27.5. The van der Waals surface area contributed by atoms with Gasteiger partial charge in [0.05, 0.1) is 13.2 Å². The molecule has 1 aliphatic carbocycles. The number of rotatable bonds is 14. The third-order valence-corrected chi connectivity index (χ3v) is 5.99. The summed E-state index contributed by atoms with van der Waals surface area (Å²) in [6.07, 6.45) is 3.62. The number of nitrogens with one attached hydrogen (secondary N) is 2. The van der Waals surface area contributed by atoms with Crippen LogP contribution in [0.4, 0.5) is 0 Å². The van der Waals surface area contributed by atoms with Gasteiger partial charge in [-0.1, -0.05) is 25.0 Å². The van der Waals surface area contributed by atoms with E-state index in [1.165, 1.54) is 0 Å². The third kappa shape index (κ3) is 8.84. The SMILES string of the molecule is CCOCCOc1cccc(C(=O)NC2CCCCC2NC(=O)c2cccc(OCCOCC)c2)c1. The van der Waals surface area contributed by atoms with Gasteiger partial charge in [0.25, 0.3) is 11.8 Å². The summed E-state index contributed by atoms with van der Waals surface area (Å²) < 4.78 is 21.9. The van der Waals surface area contributed by atoms with Gasteiger partial charge >= 0.3 is 0 Å². The Morgan fingerprint density at radius 2 is 1.17 bits per heavy atom. The highest BCUT2D eigenvalue weighted by molar-refractivity contribution is 5.96. The van der Waals surface area contributed by atoms with Crippen molar-refractivity contribution in [3.8, 4) is 11.5 Å². The Hall–Kier alpha value is -3.10. The molecule has 1 fully saturated rings. The fourth-order valence-corrected chi connectivity index (χ4v) is 4.16. The minimum Gasteiger partial charge on any atom is -0.491 e. The van der Waals surface area contributed by atoms with Gasteiger partial charge in [0.1, 0.15) is 24.7 Å². The fourth-order valence-electron chi connectivity index (χ4n) is 4.16. The standard InChI is InChI=1S/C28H38N2O6/c1-3-33-15-17-35-23-11-7-9-21(19-23)27(31)29-25-13-5-6-14-26(25)30-28(32)22-10-8-12-24(20-22)36-18-16-34-4-2/h7-12,19-20,25-26H,3-6,13-18H2,1-2H3,(H,29,31)(H,30,32). The Labute approximate surface area is 213 Å². The normalized spacial score (nSPS) is 17.3. The maximum absolute atomic E-state index is 13.0. The van der Waals surface area contributed by atoms with Crippen LogP contribution in [-0.4, -0.2) is 63.5 Å². The molecule has 2 aromatic rings. The molecule has 2 atom stereocenters. The highest BCUT2D eigenvalue weighted by atomic mass is 16.5. The summed E-state index contributed by atoms with van der Waals surface area (Å²) in [5.74, 6) is 0.889. The largest absolute Gasteiger partial charge is 0.491 e. The van der Waals surface area contributed by atoms with Crippen molar-refractivity contribution in [2.75, 3.05) is 39.6 Å². The zero-order valence-corrected chi connectivity index (χ0v) is 21.3. The van der Waals surface area contributed by atoms with Crippen LogP contribution in [0.1, 0.15) is 60.2 Å². The quantitative estimate of drug-likeness (QED) is 0.383. The van der Waals surface area contributed by atoms with Crippen molar-refractivity contribution in [3.05, 3.63) is 59.7 Å². The Morgan fingerprint density at radius 1 is 0.722 bits per heavy atom. The van der Waals surface area contributed by atoms with Crippen molar-refractivity contribution >= 4 is 11.8 Å². The van der Waals surface area contributed by atoms with Gasteiger partial charge in [-0.3, -0.25) is 9.59 Å². The van der Waals surface area contributed by atoms with Crippen LogP contribution >= 0.6 is 0 Å². The Balaban J connectivity index is 1.57. The molecule has 196 valence electrons. The molecule has 1 aliphatic rings. The van der Waals surface area contributed by atoms with Crippen LogP contribution in [-0.2, 0) is 9.47 Å². The lowest BCUT2D eigenvalue weighted by Gasteiger charge is -2.33. The number of benzene rings is 2.